The van der Waals surface area contributed by atoms with Gasteiger partial charge in [0.1, 0.15) is 0 Å². The summed E-state index contributed by atoms with van der Waals surface area (Å²) in [5.41, 5.74) is 6.17. The molecule has 6 heteroatoms. The molecule has 0 fully saturated rings. The van der Waals surface area contributed by atoms with Gasteiger partial charge in [-0.15, -0.1) is 0 Å². The van der Waals surface area contributed by atoms with E-state index < -0.39 is 35.8 Å². The summed E-state index contributed by atoms with van der Waals surface area (Å²) >= 11 is -7.38. The van der Waals surface area contributed by atoms with Crippen LogP contribution in [-0.2, 0) is 5.42 Å². The number of nitrogen functional groups attached to an aromatic ring is 1. The van der Waals surface area contributed by atoms with Crippen molar-refractivity contribution < 1.29 is 9.51 Å². The Morgan fingerprint density at radius 1 is 1.17 bits per heavy atom. The molecule has 0 aliphatic heterocycles. The Morgan fingerprint density at radius 3 is 2.00 bits per heavy atom. The zero-order chi connectivity index (χ0) is 13.8. The number of hydrogen-bond acceptors (Lipinski definition) is 3. The molecule has 0 amide bonds. The van der Waals surface area contributed by atoms with Gasteiger partial charge in [0.25, 0.3) is 0 Å². The Bertz CT molecular complexity index is 423. The van der Waals surface area contributed by atoms with Crippen molar-refractivity contribution in [3.8, 4) is 0 Å². The fourth-order valence-electron chi connectivity index (χ4n) is 1.92. The van der Waals surface area contributed by atoms with E-state index in [0.717, 1.165) is 11.9 Å². The van der Waals surface area contributed by atoms with E-state index >= 15 is 0 Å². The second-order valence-corrected chi connectivity index (χ2v) is 29.2. The number of nitrogens with two attached hydrogens (primary N) is 1. The van der Waals surface area contributed by atoms with Gasteiger partial charge in [0.05, 0.1) is 0 Å². The number of benzene rings is 1. The maximum absolute atomic E-state index is 12.4. The predicted octanol–water partition coefficient (Wildman–Crippen LogP) is 1.86. The van der Waals surface area contributed by atoms with Crippen molar-refractivity contribution >= 4 is 45.8 Å². The molecule has 3 N–H and O–H groups in total. The molecule has 0 spiro atoms. The molecule has 4 nitrogen and oxygen atoms in total. The second kappa shape index (κ2) is 6.59. The topological polar surface area (TPSA) is 72.5 Å². The van der Waals surface area contributed by atoms with Gasteiger partial charge in [-0.1, -0.05) is 0 Å². The van der Waals surface area contributed by atoms with E-state index in [9.17, 15) is 7.84 Å². The summed E-state index contributed by atoms with van der Waals surface area (Å²) in [6, 6.07) is 6.50. The standard InChI is InChI=1S/C6H8AsNO3.3C2H5.Pb/c8-6-3-1-5(2-4-6)7(9,10)11;3*1-2;/h1-4H,8H2,(H2,9,10,11);3*1H2,2H3;/q;;;;+1/p-1. The molecule has 0 heterocycles. The van der Waals surface area contributed by atoms with Crippen LogP contribution in [0.25, 0.3) is 0 Å². The van der Waals surface area contributed by atoms with Crippen molar-refractivity contribution in [1.82, 2.24) is 0 Å². The third-order valence-electron chi connectivity index (χ3n) is 3.47. The summed E-state index contributed by atoms with van der Waals surface area (Å²) in [6.07, 6.45) is 0. The number of anilines is 1. The van der Waals surface area contributed by atoms with Crippen molar-refractivity contribution in [2.24, 2.45) is 0 Å². The Labute approximate surface area is 117 Å². The third kappa shape index (κ3) is 3.86. The molecular formula is C12H22AsNO3Pb. The molecule has 0 saturated carbocycles. The van der Waals surface area contributed by atoms with E-state index in [2.05, 4.69) is 20.8 Å². The van der Waals surface area contributed by atoms with Crippen LogP contribution in [0, 0.1) is 0 Å². The molecule has 102 valence electrons. The Balaban J connectivity index is 3.00. The minimum absolute atomic E-state index is 0.405. The molecule has 1 rings (SSSR count). The van der Waals surface area contributed by atoms with E-state index in [1.165, 1.54) is 0 Å². The monoisotopic (exact) mass is 511 g/mol. The normalized spacial score (nSPS) is 15.3. The fourth-order valence-corrected chi connectivity index (χ4v) is 31.5. The first-order valence-electron chi connectivity index (χ1n) is 6.28. The van der Waals surface area contributed by atoms with E-state index in [-0.39, 0.29) is 0 Å². The van der Waals surface area contributed by atoms with Crippen molar-refractivity contribution in [2.75, 3.05) is 5.73 Å². The summed E-state index contributed by atoms with van der Waals surface area (Å²) in [7, 11) is 0. The van der Waals surface area contributed by atoms with Gasteiger partial charge in [0.2, 0.25) is 0 Å². The predicted molar refractivity (Wildman–Crippen MR) is 77.4 cm³/mol. The van der Waals surface area contributed by atoms with Crippen molar-refractivity contribution in [3.63, 3.8) is 0 Å². The molecule has 18 heavy (non-hydrogen) atoms. The SMILES string of the molecule is C[CH2][Pb]([CH2]C)([CH2]C)[O][As](=O)(O)c1ccc(N)cc1. The fraction of sp³-hybridized carbons (Fsp3) is 0.500. The van der Waals surface area contributed by atoms with Gasteiger partial charge in [0, 0.05) is 0 Å². The van der Waals surface area contributed by atoms with Gasteiger partial charge in [0.15, 0.2) is 0 Å². The van der Waals surface area contributed by atoms with Crippen LogP contribution < -0.4 is 10.1 Å². The third-order valence-corrected chi connectivity index (χ3v) is 34.6. The van der Waals surface area contributed by atoms with Gasteiger partial charge in [-0.25, -0.2) is 0 Å². The van der Waals surface area contributed by atoms with Crippen molar-refractivity contribution in [1.29, 1.82) is 0 Å². The summed E-state index contributed by atoms with van der Waals surface area (Å²) in [4.78, 5) is 0. The van der Waals surface area contributed by atoms with Crippen LogP contribution in [0.15, 0.2) is 24.3 Å². The average Bonchev–Trinajstić information content (AvgIpc) is 2.37. The first-order chi connectivity index (χ1) is 8.39. The first kappa shape index (κ1) is 16.3. The van der Waals surface area contributed by atoms with Gasteiger partial charge >= 0.3 is 118 Å². The molecule has 0 aromatic heterocycles. The van der Waals surface area contributed by atoms with Crippen molar-refractivity contribution in [3.05, 3.63) is 24.3 Å². The van der Waals surface area contributed by atoms with Crippen LogP contribution in [-0.4, -0.2) is 39.9 Å². The van der Waals surface area contributed by atoms with Crippen LogP contribution in [0.3, 0.4) is 0 Å². The number of hydrogen-bond donors (Lipinski definition) is 2. The molecule has 0 bridgehead atoms. The molecule has 1 aromatic carbocycles. The molecule has 1 unspecified atom stereocenters. The van der Waals surface area contributed by atoms with E-state index in [4.69, 9.17) is 7.41 Å². The Kier molecular flexibility index (Phi) is 5.96. The average molecular weight is 510 g/mol. The van der Waals surface area contributed by atoms with E-state index in [0.29, 0.717) is 10.0 Å². The van der Waals surface area contributed by atoms with Crippen LogP contribution in [0.4, 0.5) is 5.69 Å². The first-order valence-corrected chi connectivity index (χ1v) is 19.4. The maximum atomic E-state index is 12.4. The van der Waals surface area contributed by atoms with Gasteiger partial charge in [-0.2, -0.15) is 0 Å². The Morgan fingerprint density at radius 2 is 1.61 bits per heavy atom. The molecule has 0 radical (unpaired) electrons. The molecule has 0 aliphatic rings. The van der Waals surface area contributed by atoms with Crippen LogP contribution >= 0.6 is 0 Å². The van der Waals surface area contributed by atoms with Gasteiger partial charge < -0.3 is 0 Å². The summed E-state index contributed by atoms with van der Waals surface area (Å²) in [5, 5.41) is 0. The van der Waals surface area contributed by atoms with E-state index in [1.54, 1.807) is 24.3 Å². The van der Waals surface area contributed by atoms with Crippen LogP contribution in [0.5, 0.6) is 0 Å². The molecular weight excluding hydrogens is 488 g/mol. The zero-order valence-corrected chi connectivity index (χ0v) is 17.0. The van der Waals surface area contributed by atoms with Gasteiger partial charge in [-0.05, 0) is 0 Å². The molecule has 1 aromatic rings. The summed E-state index contributed by atoms with van der Waals surface area (Å²) in [6.45, 7) is 6.23. The molecule has 0 saturated heterocycles. The Hall–Kier alpha value is 0.221. The zero-order valence-electron chi connectivity index (χ0n) is 11.2. The van der Waals surface area contributed by atoms with Crippen molar-refractivity contribution in [2.45, 2.75) is 32.7 Å². The molecule has 1 atom stereocenters. The summed E-state index contributed by atoms with van der Waals surface area (Å²) in [5.74, 6) is 0. The van der Waals surface area contributed by atoms with Crippen LogP contribution in [0.1, 0.15) is 20.8 Å². The van der Waals surface area contributed by atoms with Crippen LogP contribution in [0.2, 0.25) is 11.9 Å². The minimum atomic E-state index is -4.38. The van der Waals surface area contributed by atoms with E-state index in [1.807, 2.05) is 0 Å². The number of rotatable bonds is 6. The molecule has 0 aliphatic carbocycles. The summed E-state index contributed by atoms with van der Waals surface area (Å²) < 4.78 is 31.7. The van der Waals surface area contributed by atoms with Gasteiger partial charge in [-0.3, -0.25) is 0 Å². The second-order valence-electron chi connectivity index (χ2n) is 4.45. The quantitative estimate of drug-likeness (QED) is 0.453.